The Kier molecular flexibility index (Phi) is 1.47. The molecule has 0 aromatic rings. The van der Waals surface area contributed by atoms with Crippen LogP contribution in [0.2, 0.25) is 0 Å². The molecule has 0 amide bonds. The minimum atomic E-state index is -0.484. The van der Waals surface area contributed by atoms with E-state index in [0.29, 0.717) is 17.8 Å². The highest BCUT2D eigenvalue weighted by Gasteiger charge is 2.53. The molecule has 0 aromatic heterocycles. The summed E-state index contributed by atoms with van der Waals surface area (Å²) in [6.45, 7) is 5.48. The molecule has 1 fully saturated rings. The number of carbonyl (C=O) groups excluding carboxylic acids is 2. The molecule has 2 unspecified atom stereocenters. The van der Waals surface area contributed by atoms with E-state index in [0.717, 1.165) is 12.7 Å². The summed E-state index contributed by atoms with van der Waals surface area (Å²) in [7, 11) is 0. The number of hydrogen-bond donors (Lipinski definition) is 0. The van der Waals surface area contributed by atoms with Gasteiger partial charge in [-0.25, -0.2) is 0 Å². The molecule has 2 nitrogen and oxygen atoms in total. The van der Waals surface area contributed by atoms with E-state index >= 15 is 0 Å². The van der Waals surface area contributed by atoms with Crippen molar-refractivity contribution < 1.29 is 9.59 Å². The van der Waals surface area contributed by atoms with Gasteiger partial charge in [0, 0.05) is 0 Å². The van der Waals surface area contributed by atoms with Gasteiger partial charge in [-0.05, 0) is 17.9 Å². The van der Waals surface area contributed by atoms with E-state index in [2.05, 4.69) is 6.58 Å². The molecule has 1 aliphatic carbocycles. The van der Waals surface area contributed by atoms with Gasteiger partial charge >= 0.3 is 0 Å². The van der Waals surface area contributed by atoms with E-state index in [4.69, 9.17) is 0 Å². The van der Waals surface area contributed by atoms with E-state index in [1.54, 1.807) is 0 Å². The summed E-state index contributed by atoms with van der Waals surface area (Å²) >= 11 is 0. The van der Waals surface area contributed by atoms with Crippen molar-refractivity contribution in [1.82, 2.24) is 0 Å². The van der Waals surface area contributed by atoms with Crippen molar-refractivity contribution in [2.24, 2.45) is 11.3 Å². The maximum absolute atomic E-state index is 10.5. The Morgan fingerprint density at radius 3 is 2.30 bits per heavy atom. The largest absolute Gasteiger partial charge is 0.302 e. The fourth-order valence-corrected chi connectivity index (χ4v) is 1.24. The Bertz CT molecular complexity index is 195. The zero-order valence-electron chi connectivity index (χ0n) is 5.96. The van der Waals surface area contributed by atoms with Gasteiger partial charge in [0.15, 0.2) is 0 Å². The molecule has 2 heteroatoms. The molecule has 1 saturated carbocycles. The number of hydrogen-bond acceptors (Lipinski definition) is 2. The summed E-state index contributed by atoms with van der Waals surface area (Å²) in [4.78, 5) is 20.7. The quantitative estimate of drug-likeness (QED) is 0.430. The molecule has 0 N–H and O–H groups in total. The van der Waals surface area contributed by atoms with Crippen LogP contribution in [0.5, 0.6) is 0 Å². The van der Waals surface area contributed by atoms with Crippen molar-refractivity contribution in [2.45, 2.75) is 13.3 Å². The van der Waals surface area contributed by atoms with Gasteiger partial charge in [-0.1, -0.05) is 13.5 Å². The summed E-state index contributed by atoms with van der Waals surface area (Å²) in [5, 5.41) is 0. The van der Waals surface area contributed by atoms with Crippen molar-refractivity contribution in [2.75, 3.05) is 0 Å². The molecule has 10 heavy (non-hydrogen) atoms. The number of aldehydes is 2. The molecule has 0 aliphatic heterocycles. The predicted molar refractivity (Wildman–Crippen MR) is 37.5 cm³/mol. The van der Waals surface area contributed by atoms with Gasteiger partial charge in [0.1, 0.15) is 12.6 Å². The second kappa shape index (κ2) is 2.04. The lowest BCUT2D eigenvalue weighted by Crippen LogP contribution is -2.08. The lowest BCUT2D eigenvalue weighted by molar-refractivity contribution is -0.113. The second-order valence-electron chi connectivity index (χ2n) is 2.91. The zero-order valence-corrected chi connectivity index (χ0v) is 5.96. The van der Waals surface area contributed by atoms with E-state index < -0.39 is 5.41 Å². The number of carbonyl (C=O) groups is 2. The van der Waals surface area contributed by atoms with Crippen LogP contribution >= 0.6 is 0 Å². The van der Waals surface area contributed by atoms with Crippen molar-refractivity contribution in [3.05, 3.63) is 12.2 Å². The highest BCUT2D eigenvalue weighted by Crippen LogP contribution is 2.54. The maximum atomic E-state index is 10.5. The molecule has 0 saturated heterocycles. The van der Waals surface area contributed by atoms with Crippen LogP contribution in [0.15, 0.2) is 12.2 Å². The van der Waals surface area contributed by atoms with Crippen LogP contribution in [-0.4, -0.2) is 12.6 Å². The van der Waals surface area contributed by atoms with Gasteiger partial charge in [0.2, 0.25) is 0 Å². The first-order valence-electron chi connectivity index (χ1n) is 3.28. The Balaban J connectivity index is 2.78. The SMILES string of the molecule is C=C(C=O)C1(C=O)CC1C. The zero-order chi connectivity index (χ0) is 7.78. The van der Waals surface area contributed by atoms with Gasteiger partial charge in [-0.3, -0.25) is 4.79 Å². The Labute approximate surface area is 59.9 Å². The molecule has 54 valence electrons. The van der Waals surface area contributed by atoms with Crippen molar-refractivity contribution in [3.63, 3.8) is 0 Å². The summed E-state index contributed by atoms with van der Waals surface area (Å²) < 4.78 is 0. The van der Waals surface area contributed by atoms with Crippen LogP contribution in [0.3, 0.4) is 0 Å². The van der Waals surface area contributed by atoms with Gasteiger partial charge in [0.25, 0.3) is 0 Å². The van der Waals surface area contributed by atoms with Crippen molar-refractivity contribution in [3.8, 4) is 0 Å². The summed E-state index contributed by atoms with van der Waals surface area (Å²) in [6, 6.07) is 0. The van der Waals surface area contributed by atoms with Crippen LogP contribution in [-0.2, 0) is 9.59 Å². The molecule has 1 aliphatic rings. The monoisotopic (exact) mass is 138 g/mol. The molecule has 2 atom stereocenters. The highest BCUT2D eigenvalue weighted by atomic mass is 16.1. The van der Waals surface area contributed by atoms with E-state index in [9.17, 15) is 9.59 Å². The topological polar surface area (TPSA) is 34.1 Å². The minimum Gasteiger partial charge on any atom is -0.302 e. The van der Waals surface area contributed by atoms with Crippen LogP contribution < -0.4 is 0 Å². The standard InChI is InChI=1S/C8H10O2/c1-6-3-8(6,5-10)7(2)4-9/h4-6H,2-3H2,1H3. The van der Waals surface area contributed by atoms with E-state index in [1.807, 2.05) is 6.92 Å². The molecule has 1 rings (SSSR count). The van der Waals surface area contributed by atoms with Crippen LogP contribution in [0.4, 0.5) is 0 Å². The lowest BCUT2D eigenvalue weighted by Gasteiger charge is -2.03. The smallest absolute Gasteiger partial charge is 0.146 e. The lowest BCUT2D eigenvalue weighted by atomic mass is 9.98. The molecular weight excluding hydrogens is 128 g/mol. The molecule has 0 bridgehead atoms. The average molecular weight is 138 g/mol. The van der Waals surface area contributed by atoms with Crippen LogP contribution in [0.1, 0.15) is 13.3 Å². The van der Waals surface area contributed by atoms with Gasteiger partial charge in [-0.15, -0.1) is 0 Å². The van der Waals surface area contributed by atoms with Gasteiger partial charge in [0.05, 0.1) is 5.41 Å². The fraction of sp³-hybridized carbons (Fsp3) is 0.500. The highest BCUT2D eigenvalue weighted by molar-refractivity contribution is 5.86. The number of rotatable bonds is 3. The van der Waals surface area contributed by atoms with Gasteiger partial charge in [-0.2, -0.15) is 0 Å². The Morgan fingerprint density at radius 1 is 1.70 bits per heavy atom. The van der Waals surface area contributed by atoms with Crippen molar-refractivity contribution >= 4 is 12.6 Å². The molecule has 0 spiro atoms. The summed E-state index contributed by atoms with van der Waals surface area (Å²) in [5.74, 6) is 0.308. The fourth-order valence-electron chi connectivity index (χ4n) is 1.24. The Hall–Kier alpha value is -0.920. The van der Waals surface area contributed by atoms with Gasteiger partial charge < -0.3 is 4.79 Å². The molecule has 0 aromatic carbocycles. The molecular formula is C8H10O2. The molecule has 0 radical (unpaired) electrons. The van der Waals surface area contributed by atoms with Crippen molar-refractivity contribution in [1.29, 1.82) is 0 Å². The Morgan fingerprint density at radius 2 is 2.20 bits per heavy atom. The first kappa shape index (κ1) is 7.19. The average Bonchev–Trinajstić information content (AvgIpc) is 2.61. The molecule has 0 heterocycles. The summed E-state index contributed by atoms with van der Waals surface area (Å²) in [6.07, 6.45) is 2.31. The van der Waals surface area contributed by atoms with Crippen LogP contribution in [0, 0.1) is 11.3 Å². The minimum absolute atomic E-state index is 0.308. The third-order valence-corrected chi connectivity index (χ3v) is 2.31. The van der Waals surface area contributed by atoms with Crippen LogP contribution in [0.25, 0.3) is 0 Å². The second-order valence-corrected chi connectivity index (χ2v) is 2.91. The third kappa shape index (κ3) is 0.719. The normalized spacial score (nSPS) is 36.7. The maximum Gasteiger partial charge on any atom is 0.146 e. The predicted octanol–water partition coefficient (Wildman–Crippen LogP) is 0.967. The summed E-state index contributed by atoms with van der Waals surface area (Å²) in [5.41, 5.74) is -0.0584. The number of allylic oxidation sites excluding steroid dienone is 1. The first-order chi connectivity index (χ1) is 4.67. The third-order valence-electron chi connectivity index (χ3n) is 2.31. The van der Waals surface area contributed by atoms with E-state index in [1.165, 1.54) is 0 Å². The van der Waals surface area contributed by atoms with E-state index in [-0.39, 0.29) is 0 Å². The first-order valence-corrected chi connectivity index (χ1v) is 3.28.